The van der Waals surface area contributed by atoms with Gasteiger partial charge in [0.15, 0.2) is 0 Å². The van der Waals surface area contributed by atoms with Crippen LogP contribution >= 0.6 is 15.9 Å². The van der Waals surface area contributed by atoms with E-state index < -0.39 is 23.5 Å². The molecule has 0 saturated heterocycles. The van der Waals surface area contributed by atoms with Crippen molar-refractivity contribution in [3.63, 3.8) is 0 Å². The molecule has 1 unspecified atom stereocenters. The highest BCUT2D eigenvalue weighted by Crippen LogP contribution is 2.28. The molecule has 0 fully saturated rings. The molecule has 0 saturated carbocycles. The van der Waals surface area contributed by atoms with Crippen LogP contribution in [0.1, 0.15) is 29.7 Å². The summed E-state index contributed by atoms with van der Waals surface area (Å²) in [7, 11) is 0. The first kappa shape index (κ1) is 16.0. The van der Waals surface area contributed by atoms with Crippen LogP contribution in [-0.4, -0.2) is 6.54 Å². The number of rotatable bonds is 4. The van der Waals surface area contributed by atoms with Crippen molar-refractivity contribution in [2.24, 2.45) is 0 Å². The molecular weight excluding hydrogens is 343 g/mol. The predicted molar refractivity (Wildman–Crippen MR) is 80.7 cm³/mol. The summed E-state index contributed by atoms with van der Waals surface area (Å²) in [5.41, 5.74) is 1.24. The number of hydrogen-bond acceptors (Lipinski definition) is 1. The molecule has 0 aromatic heterocycles. The Morgan fingerprint density at radius 1 is 1.05 bits per heavy atom. The monoisotopic (exact) mass is 357 g/mol. The molecule has 2 aromatic carbocycles. The van der Waals surface area contributed by atoms with E-state index in [1.165, 1.54) is 12.1 Å². The number of hydrogen-bond donors (Lipinski definition) is 1. The molecule has 0 spiro atoms. The smallest absolute Gasteiger partial charge is 0.137 e. The maximum absolute atomic E-state index is 14.1. The summed E-state index contributed by atoms with van der Waals surface area (Å²) >= 11 is 3.09. The van der Waals surface area contributed by atoms with E-state index >= 15 is 0 Å². The molecule has 21 heavy (non-hydrogen) atoms. The maximum Gasteiger partial charge on any atom is 0.137 e. The molecule has 112 valence electrons. The van der Waals surface area contributed by atoms with Crippen molar-refractivity contribution in [1.82, 2.24) is 5.32 Å². The van der Waals surface area contributed by atoms with Crippen molar-refractivity contribution in [3.8, 4) is 0 Å². The Kier molecular flexibility index (Phi) is 5.06. The lowest BCUT2D eigenvalue weighted by atomic mass is 9.96. The van der Waals surface area contributed by atoms with Crippen LogP contribution in [0.2, 0.25) is 0 Å². The Balaban J connectivity index is 2.52. The van der Waals surface area contributed by atoms with Gasteiger partial charge in [-0.2, -0.15) is 0 Å². The van der Waals surface area contributed by atoms with Gasteiger partial charge in [0.1, 0.15) is 17.5 Å². The Morgan fingerprint density at radius 2 is 1.76 bits per heavy atom. The average molecular weight is 358 g/mol. The van der Waals surface area contributed by atoms with E-state index in [0.717, 1.165) is 6.07 Å². The van der Waals surface area contributed by atoms with Gasteiger partial charge in [-0.1, -0.05) is 13.0 Å². The number of nitrogens with one attached hydrogen (secondary N) is 1. The molecule has 0 aliphatic rings. The molecule has 2 aromatic rings. The van der Waals surface area contributed by atoms with Crippen LogP contribution in [0, 0.1) is 24.4 Å². The first-order valence-electron chi connectivity index (χ1n) is 6.58. The zero-order chi connectivity index (χ0) is 15.6. The van der Waals surface area contributed by atoms with E-state index in [1.807, 2.05) is 6.92 Å². The van der Waals surface area contributed by atoms with Crippen LogP contribution in [-0.2, 0) is 0 Å². The molecule has 1 atom stereocenters. The fourth-order valence-corrected chi connectivity index (χ4v) is 2.45. The minimum Gasteiger partial charge on any atom is -0.306 e. The Morgan fingerprint density at radius 3 is 2.38 bits per heavy atom. The van der Waals surface area contributed by atoms with Gasteiger partial charge in [0.2, 0.25) is 0 Å². The van der Waals surface area contributed by atoms with E-state index in [2.05, 4.69) is 21.2 Å². The minimum atomic E-state index is -0.646. The van der Waals surface area contributed by atoms with E-state index in [9.17, 15) is 13.2 Å². The van der Waals surface area contributed by atoms with E-state index in [1.54, 1.807) is 19.1 Å². The molecule has 0 heterocycles. The SMILES string of the molecule is CCNC(c1ccc(Br)c(F)c1)c1cc(C)c(F)cc1F. The Labute approximate surface area is 130 Å². The summed E-state index contributed by atoms with van der Waals surface area (Å²) in [5, 5.41) is 3.10. The average Bonchev–Trinajstić information content (AvgIpc) is 2.44. The molecule has 0 aliphatic carbocycles. The van der Waals surface area contributed by atoms with Crippen molar-refractivity contribution in [3.05, 3.63) is 68.9 Å². The molecule has 0 radical (unpaired) electrons. The maximum atomic E-state index is 14.1. The largest absolute Gasteiger partial charge is 0.306 e. The van der Waals surface area contributed by atoms with Gasteiger partial charge in [-0.15, -0.1) is 0 Å². The lowest BCUT2D eigenvalue weighted by molar-refractivity contribution is 0.535. The summed E-state index contributed by atoms with van der Waals surface area (Å²) in [6.45, 7) is 4.01. The highest BCUT2D eigenvalue weighted by molar-refractivity contribution is 9.10. The lowest BCUT2D eigenvalue weighted by Crippen LogP contribution is -2.23. The third-order valence-electron chi connectivity index (χ3n) is 3.27. The summed E-state index contributed by atoms with van der Waals surface area (Å²) < 4.78 is 41.5. The van der Waals surface area contributed by atoms with Gasteiger partial charge in [0.05, 0.1) is 10.5 Å². The van der Waals surface area contributed by atoms with Gasteiger partial charge < -0.3 is 5.32 Å². The highest BCUT2D eigenvalue weighted by Gasteiger charge is 2.19. The van der Waals surface area contributed by atoms with Gasteiger partial charge >= 0.3 is 0 Å². The summed E-state index contributed by atoms with van der Waals surface area (Å²) in [6, 6.07) is 6.41. The van der Waals surface area contributed by atoms with Gasteiger partial charge in [0, 0.05) is 11.6 Å². The molecule has 0 bridgehead atoms. The van der Waals surface area contributed by atoms with E-state index in [4.69, 9.17) is 0 Å². The van der Waals surface area contributed by atoms with Crippen molar-refractivity contribution in [1.29, 1.82) is 0 Å². The molecule has 5 heteroatoms. The number of aryl methyl sites for hydroxylation is 1. The fourth-order valence-electron chi connectivity index (χ4n) is 2.20. The normalized spacial score (nSPS) is 12.5. The quantitative estimate of drug-likeness (QED) is 0.822. The molecule has 2 rings (SSSR count). The summed E-state index contributed by atoms with van der Waals surface area (Å²) in [4.78, 5) is 0. The third kappa shape index (κ3) is 3.47. The Hall–Kier alpha value is -1.33. The van der Waals surface area contributed by atoms with Crippen molar-refractivity contribution < 1.29 is 13.2 Å². The van der Waals surface area contributed by atoms with Crippen LogP contribution < -0.4 is 5.32 Å². The van der Waals surface area contributed by atoms with Crippen LogP contribution in [0.25, 0.3) is 0 Å². The second-order valence-electron chi connectivity index (χ2n) is 4.79. The molecule has 0 amide bonds. The van der Waals surface area contributed by atoms with Crippen LogP contribution in [0.5, 0.6) is 0 Å². The van der Waals surface area contributed by atoms with E-state index in [-0.39, 0.29) is 0 Å². The second kappa shape index (κ2) is 6.62. The van der Waals surface area contributed by atoms with Crippen molar-refractivity contribution in [2.75, 3.05) is 6.54 Å². The van der Waals surface area contributed by atoms with Gasteiger partial charge in [0.25, 0.3) is 0 Å². The van der Waals surface area contributed by atoms with Gasteiger partial charge in [-0.05, 0) is 58.7 Å². The minimum absolute atomic E-state index is 0.303. The zero-order valence-corrected chi connectivity index (χ0v) is 13.3. The van der Waals surface area contributed by atoms with Crippen molar-refractivity contribution >= 4 is 15.9 Å². The van der Waals surface area contributed by atoms with Gasteiger partial charge in [-0.3, -0.25) is 0 Å². The van der Waals surface area contributed by atoms with Crippen LogP contribution in [0.4, 0.5) is 13.2 Å². The second-order valence-corrected chi connectivity index (χ2v) is 5.64. The van der Waals surface area contributed by atoms with Crippen LogP contribution in [0.3, 0.4) is 0 Å². The molecular formula is C16H15BrF3N. The van der Waals surface area contributed by atoms with E-state index in [0.29, 0.717) is 27.7 Å². The zero-order valence-electron chi connectivity index (χ0n) is 11.7. The predicted octanol–water partition coefficient (Wildman–Crippen LogP) is 4.87. The number of benzene rings is 2. The molecule has 1 nitrogen and oxygen atoms in total. The lowest BCUT2D eigenvalue weighted by Gasteiger charge is -2.20. The number of halogens is 4. The highest BCUT2D eigenvalue weighted by atomic mass is 79.9. The Bertz CT molecular complexity index is 658. The van der Waals surface area contributed by atoms with Crippen LogP contribution in [0.15, 0.2) is 34.8 Å². The summed E-state index contributed by atoms with van der Waals surface area (Å²) in [5.74, 6) is -1.66. The standard InChI is InChI=1S/C16H15BrF3N/c1-3-21-16(10-4-5-12(17)15(20)7-10)11-6-9(2)13(18)8-14(11)19/h4-8,16,21H,3H2,1-2H3. The first-order valence-corrected chi connectivity index (χ1v) is 7.37. The fraction of sp³-hybridized carbons (Fsp3) is 0.250. The third-order valence-corrected chi connectivity index (χ3v) is 3.92. The molecule has 1 N–H and O–H groups in total. The van der Waals surface area contributed by atoms with Crippen molar-refractivity contribution in [2.45, 2.75) is 19.9 Å². The first-order chi connectivity index (χ1) is 9.93. The summed E-state index contributed by atoms with van der Waals surface area (Å²) in [6.07, 6.45) is 0. The topological polar surface area (TPSA) is 12.0 Å². The molecule has 0 aliphatic heterocycles. The van der Waals surface area contributed by atoms with Gasteiger partial charge in [-0.25, -0.2) is 13.2 Å².